The van der Waals surface area contributed by atoms with Crippen molar-refractivity contribution in [3.8, 4) is 0 Å². The summed E-state index contributed by atoms with van der Waals surface area (Å²) in [7, 11) is 1.61. The standard InChI is InChI=1S/C13H20N4O2/c1-19-9-8-17-13(18)12-11(15-6-7-16-12)10-2-4-14-5-3-10/h6-7,10,14H,2-5,8-9H2,1H3,(H,17,18). The summed E-state index contributed by atoms with van der Waals surface area (Å²) in [5.41, 5.74) is 1.27. The van der Waals surface area contributed by atoms with Gasteiger partial charge in [0.2, 0.25) is 0 Å². The van der Waals surface area contributed by atoms with Gasteiger partial charge in [-0.05, 0) is 25.9 Å². The highest BCUT2D eigenvalue weighted by Gasteiger charge is 2.23. The van der Waals surface area contributed by atoms with E-state index in [1.807, 2.05) is 0 Å². The zero-order chi connectivity index (χ0) is 13.5. The zero-order valence-electron chi connectivity index (χ0n) is 11.2. The van der Waals surface area contributed by atoms with Crippen molar-refractivity contribution in [1.29, 1.82) is 0 Å². The number of rotatable bonds is 5. The van der Waals surface area contributed by atoms with Crippen molar-refractivity contribution in [3.05, 3.63) is 23.8 Å². The van der Waals surface area contributed by atoms with Crippen molar-refractivity contribution >= 4 is 5.91 Å². The van der Waals surface area contributed by atoms with Crippen molar-refractivity contribution < 1.29 is 9.53 Å². The summed E-state index contributed by atoms with van der Waals surface area (Å²) in [6.07, 6.45) is 5.22. The molecule has 1 aliphatic heterocycles. The van der Waals surface area contributed by atoms with Crippen LogP contribution >= 0.6 is 0 Å². The number of piperidine rings is 1. The first-order chi connectivity index (χ1) is 9.33. The van der Waals surface area contributed by atoms with Gasteiger partial charge in [-0.25, -0.2) is 4.98 Å². The van der Waals surface area contributed by atoms with Crippen LogP contribution in [0.3, 0.4) is 0 Å². The summed E-state index contributed by atoms with van der Waals surface area (Å²) < 4.78 is 4.92. The minimum absolute atomic E-state index is 0.168. The largest absolute Gasteiger partial charge is 0.383 e. The number of nitrogens with zero attached hydrogens (tertiary/aromatic N) is 2. The molecule has 1 aromatic rings. The molecule has 2 rings (SSSR count). The van der Waals surface area contributed by atoms with Crippen LogP contribution in [0.2, 0.25) is 0 Å². The van der Waals surface area contributed by atoms with E-state index in [1.54, 1.807) is 19.5 Å². The molecule has 2 heterocycles. The first-order valence-corrected chi connectivity index (χ1v) is 6.61. The molecule has 6 heteroatoms. The summed E-state index contributed by atoms with van der Waals surface area (Å²) in [6, 6.07) is 0. The molecule has 6 nitrogen and oxygen atoms in total. The predicted molar refractivity (Wildman–Crippen MR) is 71.1 cm³/mol. The number of ether oxygens (including phenoxy) is 1. The van der Waals surface area contributed by atoms with E-state index in [-0.39, 0.29) is 5.91 Å². The monoisotopic (exact) mass is 264 g/mol. The van der Waals surface area contributed by atoms with Gasteiger partial charge in [-0.15, -0.1) is 0 Å². The number of hydrogen-bond acceptors (Lipinski definition) is 5. The molecule has 0 unspecified atom stereocenters. The number of methoxy groups -OCH3 is 1. The fraction of sp³-hybridized carbons (Fsp3) is 0.615. The van der Waals surface area contributed by atoms with Crippen molar-refractivity contribution in [2.75, 3.05) is 33.4 Å². The molecule has 0 saturated carbocycles. The quantitative estimate of drug-likeness (QED) is 0.749. The molecule has 0 aromatic carbocycles. The van der Waals surface area contributed by atoms with E-state index >= 15 is 0 Å². The molecule has 0 bridgehead atoms. The lowest BCUT2D eigenvalue weighted by Crippen LogP contribution is -2.32. The fourth-order valence-corrected chi connectivity index (χ4v) is 2.27. The highest BCUT2D eigenvalue weighted by molar-refractivity contribution is 5.93. The molecule has 1 fully saturated rings. The SMILES string of the molecule is COCCNC(=O)c1nccnc1C1CCNCC1. The number of carbonyl (C=O) groups excluding carboxylic acids is 1. The molecule has 1 aromatic heterocycles. The van der Waals surface area contributed by atoms with Crippen LogP contribution in [0, 0.1) is 0 Å². The van der Waals surface area contributed by atoms with Gasteiger partial charge in [-0.3, -0.25) is 9.78 Å². The molecule has 104 valence electrons. The van der Waals surface area contributed by atoms with Crippen LogP contribution in [-0.4, -0.2) is 49.2 Å². The Kier molecular flexibility index (Phi) is 5.23. The van der Waals surface area contributed by atoms with Crippen molar-refractivity contribution in [1.82, 2.24) is 20.6 Å². The summed E-state index contributed by atoms with van der Waals surface area (Å²) in [4.78, 5) is 20.7. The Morgan fingerprint density at radius 2 is 2.16 bits per heavy atom. The summed E-state index contributed by atoms with van der Waals surface area (Å²) in [5, 5.41) is 6.11. The number of carbonyl (C=O) groups is 1. The van der Waals surface area contributed by atoms with E-state index in [4.69, 9.17) is 4.74 Å². The van der Waals surface area contributed by atoms with E-state index in [1.165, 1.54) is 0 Å². The van der Waals surface area contributed by atoms with Gasteiger partial charge in [-0.2, -0.15) is 0 Å². The van der Waals surface area contributed by atoms with Crippen molar-refractivity contribution in [2.24, 2.45) is 0 Å². The first kappa shape index (κ1) is 13.9. The van der Waals surface area contributed by atoms with Gasteiger partial charge in [-0.1, -0.05) is 0 Å². The smallest absolute Gasteiger partial charge is 0.271 e. The third kappa shape index (κ3) is 3.71. The predicted octanol–water partition coefficient (Wildman–Crippen LogP) is 0.320. The molecule has 19 heavy (non-hydrogen) atoms. The Hall–Kier alpha value is -1.53. The molecule has 1 saturated heterocycles. The van der Waals surface area contributed by atoms with E-state index in [0.29, 0.717) is 24.8 Å². The van der Waals surface area contributed by atoms with E-state index in [0.717, 1.165) is 31.6 Å². The lowest BCUT2D eigenvalue weighted by molar-refractivity contribution is 0.0929. The second-order valence-corrected chi connectivity index (χ2v) is 4.56. The second-order valence-electron chi connectivity index (χ2n) is 4.56. The van der Waals surface area contributed by atoms with E-state index < -0.39 is 0 Å². The van der Waals surface area contributed by atoms with Crippen LogP contribution in [0.25, 0.3) is 0 Å². The Labute approximate surface area is 113 Å². The van der Waals surface area contributed by atoms with Crippen LogP contribution in [0.1, 0.15) is 34.9 Å². The van der Waals surface area contributed by atoms with Gasteiger partial charge in [0.05, 0.1) is 12.3 Å². The van der Waals surface area contributed by atoms with Crippen LogP contribution in [0.5, 0.6) is 0 Å². The van der Waals surface area contributed by atoms with Crippen LogP contribution in [-0.2, 0) is 4.74 Å². The highest BCUT2D eigenvalue weighted by atomic mass is 16.5. The number of aromatic nitrogens is 2. The average molecular weight is 264 g/mol. The molecule has 1 aliphatic rings. The summed E-state index contributed by atoms with van der Waals surface area (Å²) in [6.45, 7) is 2.91. The number of hydrogen-bond donors (Lipinski definition) is 2. The van der Waals surface area contributed by atoms with Crippen molar-refractivity contribution in [2.45, 2.75) is 18.8 Å². The Morgan fingerprint density at radius 3 is 2.89 bits per heavy atom. The number of nitrogens with one attached hydrogen (secondary N) is 2. The maximum atomic E-state index is 12.1. The molecular formula is C13H20N4O2. The lowest BCUT2D eigenvalue weighted by atomic mass is 9.93. The molecule has 2 N–H and O–H groups in total. The zero-order valence-corrected chi connectivity index (χ0v) is 11.2. The van der Waals surface area contributed by atoms with Gasteiger partial charge in [0.25, 0.3) is 5.91 Å². The highest BCUT2D eigenvalue weighted by Crippen LogP contribution is 2.25. The Balaban J connectivity index is 2.08. The van der Waals surface area contributed by atoms with Crippen LogP contribution in [0.4, 0.5) is 0 Å². The first-order valence-electron chi connectivity index (χ1n) is 6.61. The topological polar surface area (TPSA) is 76.1 Å². The fourth-order valence-electron chi connectivity index (χ4n) is 2.27. The maximum Gasteiger partial charge on any atom is 0.271 e. The molecular weight excluding hydrogens is 244 g/mol. The van der Waals surface area contributed by atoms with Gasteiger partial charge in [0.1, 0.15) is 5.69 Å². The van der Waals surface area contributed by atoms with Gasteiger partial charge in [0.15, 0.2) is 0 Å². The molecule has 0 atom stereocenters. The maximum absolute atomic E-state index is 12.1. The third-order valence-electron chi connectivity index (χ3n) is 3.26. The minimum Gasteiger partial charge on any atom is -0.383 e. The minimum atomic E-state index is -0.168. The van der Waals surface area contributed by atoms with E-state index in [9.17, 15) is 4.79 Å². The molecule has 0 spiro atoms. The van der Waals surface area contributed by atoms with Gasteiger partial charge in [0, 0.05) is 32.0 Å². The third-order valence-corrected chi connectivity index (χ3v) is 3.26. The Bertz CT molecular complexity index is 419. The average Bonchev–Trinajstić information content (AvgIpc) is 2.48. The summed E-state index contributed by atoms with van der Waals surface area (Å²) >= 11 is 0. The summed E-state index contributed by atoms with van der Waals surface area (Å²) in [5.74, 6) is 0.150. The van der Waals surface area contributed by atoms with Gasteiger partial charge >= 0.3 is 0 Å². The second kappa shape index (κ2) is 7.16. The van der Waals surface area contributed by atoms with Crippen LogP contribution < -0.4 is 10.6 Å². The lowest BCUT2D eigenvalue weighted by Gasteiger charge is -2.23. The van der Waals surface area contributed by atoms with E-state index in [2.05, 4.69) is 20.6 Å². The Morgan fingerprint density at radius 1 is 1.42 bits per heavy atom. The van der Waals surface area contributed by atoms with Crippen molar-refractivity contribution in [3.63, 3.8) is 0 Å². The molecule has 1 amide bonds. The van der Waals surface area contributed by atoms with Crippen LogP contribution in [0.15, 0.2) is 12.4 Å². The molecule has 0 aliphatic carbocycles. The normalized spacial score (nSPS) is 16.3. The molecule has 0 radical (unpaired) electrons. The number of amides is 1. The van der Waals surface area contributed by atoms with Gasteiger partial charge < -0.3 is 15.4 Å².